The van der Waals surface area contributed by atoms with E-state index in [4.69, 9.17) is 15.2 Å². The van der Waals surface area contributed by atoms with Crippen molar-refractivity contribution >= 4 is 0 Å². The zero-order chi connectivity index (χ0) is 9.26. The highest BCUT2D eigenvalue weighted by Crippen LogP contribution is 2.37. The fourth-order valence-electron chi connectivity index (χ4n) is 1.60. The molecule has 0 fully saturated rings. The molecule has 1 aromatic carbocycles. The van der Waals surface area contributed by atoms with Gasteiger partial charge in [-0.1, -0.05) is 12.1 Å². The van der Waals surface area contributed by atoms with E-state index in [9.17, 15) is 0 Å². The van der Waals surface area contributed by atoms with Crippen LogP contribution in [0.15, 0.2) is 18.2 Å². The first-order chi connectivity index (χ1) is 6.35. The summed E-state index contributed by atoms with van der Waals surface area (Å²) in [6, 6.07) is 5.92. The minimum absolute atomic E-state index is 0.117. The SMILES string of the molecule is COc1cccc2c1O[C@H](CN)C2. The van der Waals surface area contributed by atoms with E-state index in [0.717, 1.165) is 17.9 Å². The summed E-state index contributed by atoms with van der Waals surface area (Å²) in [5.74, 6) is 1.66. The van der Waals surface area contributed by atoms with Crippen LogP contribution in [0.3, 0.4) is 0 Å². The Kier molecular flexibility index (Phi) is 2.10. The van der Waals surface area contributed by atoms with Crippen LogP contribution in [-0.4, -0.2) is 19.8 Å². The second kappa shape index (κ2) is 3.26. The van der Waals surface area contributed by atoms with Crippen LogP contribution in [0.2, 0.25) is 0 Å². The predicted molar refractivity (Wildman–Crippen MR) is 50.2 cm³/mol. The number of fused-ring (bicyclic) bond motifs is 1. The van der Waals surface area contributed by atoms with Crippen molar-refractivity contribution in [2.24, 2.45) is 5.73 Å². The molecule has 0 amide bonds. The van der Waals surface area contributed by atoms with E-state index >= 15 is 0 Å². The molecular weight excluding hydrogens is 166 g/mol. The number of hydrogen-bond donors (Lipinski definition) is 1. The number of rotatable bonds is 2. The molecule has 0 saturated carbocycles. The Bertz CT molecular complexity index is 312. The zero-order valence-corrected chi connectivity index (χ0v) is 7.62. The minimum atomic E-state index is 0.117. The smallest absolute Gasteiger partial charge is 0.164 e. The van der Waals surface area contributed by atoms with Gasteiger partial charge in [0.25, 0.3) is 0 Å². The first kappa shape index (κ1) is 8.38. The summed E-state index contributed by atoms with van der Waals surface area (Å²) in [4.78, 5) is 0. The normalized spacial score (nSPS) is 19.4. The standard InChI is InChI=1S/C10H13NO2/c1-12-9-4-2-3-7-5-8(6-11)13-10(7)9/h2-4,8H,5-6,11H2,1H3/t8-/m0/s1. The second-order valence-electron chi connectivity index (χ2n) is 3.13. The van der Waals surface area contributed by atoms with E-state index in [2.05, 4.69) is 0 Å². The van der Waals surface area contributed by atoms with Crippen LogP contribution in [0.1, 0.15) is 5.56 Å². The van der Waals surface area contributed by atoms with Crippen molar-refractivity contribution in [1.82, 2.24) is 0 Å². The Morgan fingerprint density at radius 3 is 3.15 bits per heavy atom. The van der Waals surface area contributed by atoms with Gasteiger partial charge in [0.15, 0.2) is 11.5 Å². The van der Waals surface area contributed by atoms with Gasteiger partial charge >= 0.3 is 0 Å². The fourth-order valence-corrected chi connectivity index (χ4v) is 1.60. The molecule has 0 radical (unpaired) electrons. The average molecular weight is 179 g/mol. The van der Waals surface area contributed by atoms with Crippen molar-refractivity contribution < 1.29 is 9.47 Å². The third-order valence-electron chi connectivity index (χ3n) is 2.28. The maximum Gasteiger partial charge on any atom is 0.164 e. The Balaban J connectivity index is 2.33. The summed E-state index contributed by atoms with van der Waals surface area (Å²) in [7, 11) is 1.65. The van der Waals surface area contributed by atoms with Gasteiger partial charge in [-0.05, 0) is 6.07 Å². The van der Waals surface area contributed by atoms with Crippen LogP contribution in [0.5, 0.6) is 11.5 Å². The van der Waals surface area contributed by atoms with Crippen LogP contribution in [0.4, 0.5) is 0 Å². The highest BCUT2D eigenvalue weighted by atomic mass is 16.5. The summed E-state index contributed by atoms with van der Waals surface area (Å²) in [6.45, 7) is 0.553. The molecule has 1 heterocycles. The molecule has 1 atom stereocenters. The van der Waals surface area contributed by atoms with Crippen LogP contribution in [0, 0.1) is 0 Å². The fraction of sp³-hybridized carbons (Fsp3) is 0.400. The molecule has 70 valence electrons. The Hall–Kier alpha value is -1.22. The number of ether oxygens (including phenoxy) is 2. The maximum absolute atomic E-state index is 5.63. The summed E-state index contributed by atoms with van der Waals surface area (Å²) < 4.78 is 10.8. The van der Waals surface area contributed by atoms with Gasteiger partial charge in [-0.25, -0.2) is 0 Å². The first-order valence-corrected chi connectivity index (χ1v) is 4.37. The summed E-state index contributed by atoms with van der Waals surface area (Å²) in [5, 5.41) is 0. The van der Waals surface area contributed by atoms with E-state index < -0.39 is 0 Å². The van der Waals surface area contributed by atoms with Gasteiger partial charge in [-0.15, -0.1) is 0 Å². The third-order valence-corrected chi connectivity index (χ3v) is 2.28. The molecule has 13 heavy (non-hydrogen) atoms. The van der Waals surface area contributed by atoms with Crippen LogP contribution >= 0.6 is 0 Å². The molecule has 3 nitrogen and oxygen atoms in total. The van der Waals surface area contributed by atoms with Gasteiger partial charge in [-0.3, -0.25) is 0 Å². The number of methoxy groups -OCH3 is 1. The Morgan fingerprint density at radius 1 is 1.62 bits per heavy atom. The largest absolute Gasteiger partial charge is 0.493 e. The molecule has 1 aliphatic rings. The number of hydrogen-bond acceptors (Lipinski definition) is 3. The van der Waals surface area contributed by atoms with Gasteiger partial charge in [0.2, 0.25) is 0 Å². The Labute approximate surface area is 77.5 Å². The van der Waals surface area contributed by atoms with Gasteiger partial charge in [0, 0.05) is 18.5 Å². The lowest BCUT2D eigenvalue weighted by Crippen LogP contribution is -2.24. The number of benzene rings is 1. The maximum atomic E-state index is 5.63. The molecule has 0 spiro atoms. The molecule has 1 aliphatic heterocycles. The van der Waals surface area contributed by atoms with Crippen molar-refractivity contribution in [3.63, 3.8) is 0 Å². The number of nitrogens with two attached hydrogens (primary N) is 1. The monoisotopic (exact) mass is 179 g/mol. The summed E-state index contributed by atoms with van der Waals surface area (Å²) in [6.07, 6.45) is 1.01. The molecule has 0 saturated heterocycles. The van der Waals surface area contributed by atoms with Crippen molar-refractivity contribution in [2.45, 2.75) is 12.5 Å². The molecular formula is C10H13NO2. The first-order valence-electron chi connectivity index (χ1n) is 4.37. The van der Waals surface area contributed by atoms with Crippen LogP contribution in [0.25, 0.3) is 0 Å². The Morgan fingerprint density at radius 2 is 2.46 bits per heavy atom. The van der Waals surface area contributed by atoms with Gasteiger partial charge in [-0.2, -0.15) is 0 Å². The summed E-state index contributed by atoms with van der Waals surface area (Å²) in [5.41, 5.74) is 6.73. The molecule has 2 N–H and O–H groups in total. The van der Waals surface area contributed by atoms with Crippen LogP contribution in [-0.2, 0) is 6.42 Å². The quantitative estimate of drug-likeness (QED) is 0.735. The van der Waals surface area contributed by atoms with E-state index in [-0.39, 0.29) is 6.10 Å². The lowest BCUT2D eigenvalue weighted by molar-refractivity contribution is 0.231. The highest BCUT2D eigenvalue weighted by Gasteiger charge is 2.24. The van der Waals surface area contributed by atoms with Gasteiger partial charge in [0.1, 0.15) is 6.10 Å². The molecule has 0 bridgehead atoms. The molecule has 3 heteroatoms. The van der Waals surface area contributed by atoms with Crippen molar-refractivity contribution in [1.29, 1.82) is 0 Å². The lowest BCUT2D eigenvalue weighted by atomic mass is 10.1. The van der Waals surface area contributed by atoms with E-state index in [1.54, 1.807) is 7.11 Å². The van der Waals surface area contributed by atoms with Crippen molar-refractivity contribution in [3.8, 4) is 11.5 Å². The topological polar surface area (TPSA) is 44.5 Å². The highest BCUT2D eigenvalue weighted by molar-refractivity contribution is 5.49. The van der Waals surface area contributed by atoms with Crippen molar-refractivity contribution in [2.75, 3.05) is 13.7 Å². The number of para-hydroxylation sites is 1. The van der Waals surface area contributed by atoms with Gasteiger partial charge in [0.05, 0.1) is 7.11 Å². The average Bonchev–Trinajstić information content (AvgIpc) is 2.59. The van der Waals surface area contributed by atoms with E-state index in [0.29, 0.717) is 6.54 Å². The van der Waals surface area contributed by atoms with Gasteiger partial charge < -0.3 is 15.2 Å². The molecule has 0 aromatic heterocycles. The summed E-state index contributed by atoms with van der Waals surface area (Å²) >= 11 is 0. The minimum Gasteiger partial charge on any atom is -0.493 e. The second-order valence-corrected chi connectivity index (χ2v) is 3.13. The molecule has 0 unspecified atom stereocenters. The van der Waals surface area contributed by atoms with Crippen LogP contribution < -0.4 is 15.2 Å². The third kappa shape index (κ3) is 1.35. The zero-order valence-electron chi connectivity index (χ0n) is 7.62. The molecule has 1 aromatic rings. The van der Waals surface area contributed by atoms with E-state index in [1.165, 1.54) is 5.56 Å². The molecule has 0 aliphatic carbocycles. The van der Waals surface area contributed by atoms with E-state index in [1.807, 2.05) is 18.2 Å². The predicted octanol–water partition coefficient (Wildman–Crippen LogP) is 0.957. The molecule has 2 rings (SSSR count). The van der Waals surface area contributed by atoms with Crippen molar-refractivity contribution in [3.05, 3.63) is 23.8 Å². The lowest BCUT2D eigenvalue weighted by Gasteiger charge is -2.08.